The molecular weight excluding hydrogens is 397 g/mol. The van der Waals surface area contributed by atoms with E-state index in [1.807, 2.05) is 0 Å². The Labute approximate surface area is 171 Å². The van der Waals surface area contributed by atoms with Gasteiger partial charge >= 0.3 is 0 Å². The van der Waals surface area contributed by atoms with Crippen molar-refractivity contribution >= 4 is 45.9 Å². The zero-order valence-corrected chi connectivity index (χ0v) is 16.2. The molecule has 2 bridgehead atoms. The largest absolute Gasteiger partial charge is 0.338 e. The van der Waals surface area contributed by atoms with E-state index in [1.54, 1.807) is 12.1 Å². The lowest BCUT2D eigenvalue weighted by atomic mass is 10.1. The number of rotatable bonds is 0. The topological polar surface area (TPSA) is 104 Å². The molecule has 0 aliphatic carbocycles. The summed E-state index contributed by atoms with van der Waals surface area (Å²) in [6, 6.07) is 6.37. The van der Waals surface area contributed by atoms with Crippen molar-refractivity contribution in [2.45, 2.75) is 13.0 Å². The molecule has 0 saturated heterocycles. The second-order valence-corrected chi connectivity index (χ2v) is 6.97. The van der Waals surface area contributed by atoms with Crippen molar-refractivity contribution in [1.29, 1.82) is 0 Å². The van der Waals surface area contributed by atoms with Crippen LogP contribution in [0.2, 0.25) is 5.02 Å². The van der Waals surface area contributed by atoms with Crippen molar-refractivity contribution < 1.29 is 9.18 Å². The zero-order chi connectivity index (χ0) is 20.2. The average Bonchev–Trinajstić information content (AvgIpc) is 2.70. The zero-order valence-electron chi connectivity index (χ0n) is 15.4. The molecule has 1 aromatic carbocycles. The number of pyridine rings is 1. The molecule has 0 fully saturated rings. The Bertz CT molecular complexity index is 1060. The molecular formula is C19H19ClFN7O. The highest BCUT2D eigenvalue weighted by Gasteiger charge is 2.14. The maximum absolute atomic E-state index is 14.0. The lowest BCUT2D eigenvalue weighted by Gasteiger charge is -2.15. The van der Waals surface area contributed by atoms with E-state index in [0.717, 1.165) is 0 Å². The summed E-state index contributed by atoms with van der Waals surface area (Å²) in [4.78, 5) is 25.1. The number of aromatic nitrogens is 3. The third-order valence-electron chi connectivity index (χ3n) is 4.47. The number of halogens is 2. The van der Waals surface area contributed by atoms with Gasteiger partial charge in [0.05, 0.1) is 10.5 Å². The molecule has 0 radical (unpaired) electrons. The molecule has 0 saturated carbocycles. The van der Waals surface area contributed by atoms with Gasteiger partial charge in [0.2, 0.25) is 5.91 Å². The number of anilines is 3. The highest BCUT2D eigenvalue weighted by atomic mass is 35.5. The summed E-state index contributed by atoms with van der Waals surface area (Å²) in [6.45, 7) is 2.30. The van der Waals surface area contributed by atoms with Crippen molar-refractivity contribution in [1.82, 2.24) is 25.6 Å². The maximum Gasteiger partial charge on any atom is 0.226 e. The highest BCUT2D eigenvalue weighted by molar-refractivity contribution is 6.31. The van der Waals surface area contributed by atoms with Crippen LogP contribution in [0.25, 0.3) is 11.0 Å². The second kappa shape index (κ2) is 8.64. The summed E-state index contributed by atoms with van der Waals surface area (Å²) in [7, 11) is 0. The summed E-state index contributed by atoms with van der Waals surface area (Å²) in [5.41, 5.74) is 2.40. The van der Waals surface area contributed by atoms with Crippen molar-refractivity contribution in [3.63, 3.8) is 0 Å². The molecule has 4 rings (SSSR count). The Balaban J connectivity index is 1.78. The van der Waals surface area contributed by atoms with Gasteiger partial charge in [-0.3, -0.25) is 4.79 Å². The summed E-state index contributed by atoms with van der Waals surface area (Å²) in [5, 5.41) is 12.4. The normalized spacial score (nSPS) is 15.6. The van der Waals surface area contributed by atoms with Gasteiger partial charge in [0, 0.05) is 38.3 Å². The van der Waals surface area contributed by atoms with E-state index in [0.29, 0.717) is 66.5 Å². The van der Waals surface area contributed by atoms with Crippen molar-refractivity contribution in [3.05, 3.63) is 47.0 Å². The SMILES string of the molecule is O=C1CCNCCNCc2cc(F)c(Cl)cc2Nc2ncnc3ccc(nc23)N1. The quantitative estimate of drug-likeness (QED) is 0.447. The Hall–Kier alpha value is -2.88. The Morgan fingerprint density at radius 3 is 2.79 bits per heavy atom. The minimum atomic E-state index is -0.489. The van der Waals surface area contributed by atoms with Gasteiger partial charge in [-0.05, 0) is 29.8 Å². The molecule has 29 heavy (non-hydrogen) atoms. The van der Waals surface area contributed by atoms with Gasteiger partial charge in [0.1, 0.15) is 23.5 Å². The van der Waals surface area contributed by atoms with E-state index in [9.17, 15) is 9.18 Å². The minimum absolute atomic E-state index is 0.00611. The molecule has 3 heterocycles. The van der Waals surface area contributed by atoms with Gasteiger partial charge in [0.15, 0.2) is 5.82 Å². The van der Waals surface area contributed by atoms with E-state index in [1.165, 1.54) is 18.5 Å². The molecule has 1 aliphatic heterocycles. The number of nitrogens with zero attached hydrogens (tertiary/aromatic N) is 3. The summed E-state index contributed by atoms with van der Waals surface area (Å²) in [6.07, 6.45) is 1.74. The Morgan fingerprint density at radius 1 is 1.03 bits per heavy atom. The van der Waals surface area contributed by atoms with E-state index in [4.69, 9.17) is 11.6 Å². The van der Waals surface area contributed by atoms with Crippen LogP contribution in [0.4, 0.5) is 21.7 Å². The molecule has 3 aromatic rings. The van der Waals surface area contributed by atoms with Gasteiger partial charge in [-0.1, -0.05) is 11.6 Å². The number of carbonyl (C=O) groups is 1. The number of hydrogen-bond acceptors (Lipinski definition) is 7. The van der Waals surface area contributed by atoms with Crippen LogP contribution in [0.5, 0.6) is 0 Å². The summed E-state index contributed by atoms with van der Waals surface area (Å²) < 4.78 is 14.0. The predicted molar refractivity (Wildman–Crippen MR) is 110 cm³/mol. The maximum atomic E-state index is 14.0. The third kappa shape index (κ3) is 4.58. The highest BCUT2D eigenvalue weighted by Crippen LogP contribution is 2.29. The smallest absolute Gasteiger partial charge is 0.226 e. The van der Waals surface area contributed by atoms with Gasteiger partial charge in [0.25, 0.3) is 0 Å². The molecule has 150 valence electrons. The number of amides is 1. The first-order valence-corrected chi connectivity index (χ1v) is 9.56. The van der Waals surface area contributed by atoms with Gasteiger partial charge in [-0.25, -0.2) is 19.3 Å². The van der Waals surface area contributed by atoms with Crippen LogP contribution in [-0.4, -0.2) is 40.5 Å². The molecule has 1 amide bonds. The second-order valence-electron chi connectivity index (χ2n) is 6.56. The molecule has 0 atom stereocenters. The van der Waals surface area contributed by atoms with E-state index < -0.39 is 5.82 Å². The summed E-state index contributed by atoms with van der Waals surface area (Å²) in [5.74, 6) is 0.218. The molecule has 2 aromatic heterocycles. The standard InChI is InChI=1S/C19H19ClFN7O/c20-12-8-15-11(7-13(12)21)9-23-6-5-22-4-3-17(29)27-16-2-1-14-18(28-16)19(26-15)25-10-24-14/h1-2,7-8,10,22-23H,3-6,9H2,(H,24,25,26)(H,27,28,29). The van der Waals surface area contributed by atoms with Crippen LogP contribution >= 0.6 is 11.6 Å². The van der Waals surface area contributed by atoms with Crippen LogP contribution < -0.4 is 21.3 Å². The van der Waals surface area contributed by atoms with Gasteiger partial charge in [-0.15, -0.1) is 0 Å². The average molecular weight is 416 g/mol. The molecule has 10 heteroatoms. The Kier molecular flexibility index (Phi) is 5.79. The number of fused-ring (bicyclic) bond motifs is 2. The third-order valence-corrected chi connectivity index (χ3v) is 4.76. The molecule has 1 aliphatic rings. The minimum Gasteiger partial charge on any atom is -0.338 e. The Morgan fingerprint density at radius 2 is 1.90 bits per heavy atom. The molecule has 0 spiro atoms. The number of benzene rings is 1. The monoisotopic (exact) mass is 415 g/mol. The van der Waals surface area contributed by atoms with Crippen molar-refractivity contribution in [2.75, 3.05) is 30.3 Å². The van der Waals surface area contributed by atoms with Gasteiger partial charge < -0.3 is 21.3 Å². The molecule has 8 nitrogen and oxygen atoms in total. The van der Waals surface area contributed by atoms with Crippen LogP contribution in [0.1, 0.15) is 12.0 Å². The lowest BCUT2D eigenvalue weighted by molar-refractivity contribution is -0.116. The van der Waals surface area contributed by atoms with E-state index >= 15 is 0 Å². The first kappa shape index (κ1) is 19.4. The fraction of sp³-hybridized carbons (Fsp3) is 0.263. The van der Waals surface area contributed by atoms with E-state index in [-0.39, 0.29) is 10.9 Å². The van der Waals surface area contributed by atoms with Gasteiger partial charge in [-0.2, -0.15) is 0 Å². The fourth-order valence-corrected chi connectivity index (χ4v) is 3.18. The van der Waals surface area contributed by atoms with E-state index in [2.05, 4.69) is 36.2 Å². The lowest BCUT2D eigenvalue weighted by Crippen LogP contribution is -2.29. The molecule has 0 unspecified atom stereocenters. The van der Waals surface area contributed by atoms with Crippen molar-refractivity contribution in [3.8, 4) is 0 Å². The van der Waals surface area contributed by atoms with Crippen molar-refractivity contribution in [2.24, 2.45) is 0 Å². The number of nitrogens with one attached hydrogen (secondary N) is 4. The summed E-state index contributed by atoms with van der Waals surface area (Å²) >= 11 is 6.00. The fourth-order valence-electron chi connectivity index (χ4n) is 3.01. The number of hydrogen-bond donors (Lipinski definition) is 4. The van der Waals surface area contributed by atoms with Crippen LogP contribution in [0, 0.1) is 5.82 Å². The van der Waals surface area contributed by atoms with Crippen LogP contribution in [0.3, 0.4) is 0 Å². The van der Waals surface area contributed by atoms with Crippen LogP contribution in [0.15, 0.2) is 30.6 Å². The predicted octanol–water partition coefficient (Wildman–Crippen LogP) is 2.58. The molecule has 4 N–H and O–H groups in total. The first-order chi connectivity index (χ1) is 14.1. The van der Waals surface area contributed by atoms with Crippen LogP contribution in [-0.2, 0) is 11.3 Å². The number of carbonyl (C=O) groups excluding carboxylic acids is 1. The first-order valence-electron chi connectivity index (χ1n) is 9.18.